The third kappa shape index (κ3) is 5.53. The van der Waals surface area contributed by atoms with E-state index in [0.717, 1.165) is 23.4 Å². The molecular formula is C55H63BN2O. The van der Waals surface area contributed by atoms with Crippen LogP contribution < -0.4 is 26.4 Å². The minimum atomic E-state index is -0.0703. The zero-order chi connectivity index (χ0) is 41.9. The lowest BCUT2D eigenvalue weighted by Crippen LogP contribution is -2.61. The van der Waals surface area contributed by atoms with Gasteiger partial charge in [-0.25, -0.2) is 0 Å². The van der Waals surface area contributed by atoms with Gasteiger partial charge in [-0.1, -0.05) is 118 Å². The molecule has 0 N–H and O–H groups in total. The van der Waals surface area contributed by atoms with Gasteiger partial charge in [-0.3, -0.25) is 0 Å². The van der Waals surface area contributed by atoms with E-state index in [1.807, 2.05) is 0 Å². The van der Waals surface area contributed by atoms with Crippen LogP contribution in [0.25, 0.3) is 11.0 Å². The standard InChI is InChI=1S/C55H63BN2O/c1-32-15-22-45-37(27-32)48-50(59-45)56-41-21-20-38-46(55(13,14)26-25-52(38,7)8)49(41)58(42-31-40-39(30-34(42)3)53(9,10)23-24-54(40,11)12)44-29-33(2)28-43(47(44)56)57(48)36-18-16-35(17-19-36)51(4,5)6/h15-22,27-31H,23-26H2,1-14H3. The van der Waals surface area contributed by atoms with Crippen molar-refractivity contribution in [2.24, 2.45) is 0 Å². The summed E-state index contributed by atoms with van der Waals surface area (Å²) in [4.78, 5) is 5.28. The molecule has 5 aromatic carbocycles. The van der Waals surface area contributed by atoms with Crippen LogP contribution in [-0.4, -0.2) is 6.71 Å². The summed E-state index contributed by atoms with van der Waals surface area (Å²) in [5.41, 5.74) is 23.7. The van der Waals surface area contributed by atoms with Crippen LogP contribution in [0, 0.1) is 20.8 Å². The number of hydrogen-bond donors (Lipinski definition) is 0. The minimum Gasteiger partial charge on any atom is -0.468 e. The van der Waals surface area contributed by atoms with E-state index in [-0.39, 0.29) is 33.8 Å². The molecule has 4 heteroatoms. The van der Waals surface area contributed by atoms with Gasteiger partial charge >= 0.3 is 0 Å². The number of benzene rings is 5. The van der Waals surface area contributed by atoms with Crippen molar-refractivity contribution in [1.29, 1.82) is 0 Å². The van der Waals surface area contributed by atoms with E-state index < -0.39 is 0 Å². The Labute approximate surface area is 354 Å². The summed E-state index contributed by atoms with van der Waals surface area (Å²) < 4.78 is 7.28. The fourth-order valence-corrected chi connectivity index (χ4v) is 11.5. The van der Waals surface area contributed by atoms with Crippen molar-refractivity contribution >= 4 is 68.4 Å². The predicted molar refractivity (Wildman–Crippen MR) is 254 cm³/mol. The van der Waals surface area contributed by atoms with Gasteiger partial charge in [0.15, 0.2) is 0 Å². The molecule has 6 aromatic rings. The van der Waals surface area contributed by atoms with Crippen LogP contribution in [-0.2, 0) is 27.1 Å². The lowest BCUT2D eigenvalue weighted by molar-refractivity contribution is 0.331. The molecule has 0 saturated heterocycles. The van der Waals surface area contributed by atoms with Gasteiger partial charge in [-0.2, -0.15) is 0 Å². The molecule has 0 atom stereocenters. The van der Waals surface area contributed by atoms with Gasteiger partial charge in [-0.05, 0) is 166 Å². The summed E-state index contributed by atoms with van der Waals surface area (Å²) in [5.74, 6) is 0. The first kappa shape index (κ1) is 38.5. The zero-order valence-electron chi connectivity index (χ0n) is 38.2. The van der Waals surface area contributed by atoms with Gasteiger partial charge in [0.05, 0.1) is 11.3 Å². The lowest BCUT2D eigenvalue weighted by atomic mass is 9.35. The summed E-state index contributed by atoms with van der Waals surface area (Å²) in [6, 6.07) is 31.2. The van der Waals surface area contributed by atoms with Gasteiger partial charge in [0.1, 0.15) is 5.58 Å². The van der Waals surface area contributed by atoms with Crippen LogP contribution in [0.5, 0.6) is 0 Å². The van der Waals surface area contributed by atoms with Crippen molar-refractivity contribution in [3.8, 4) is 0 Å². The molecule has 0 spiro atoms. The number of aryl methyl sites for hydroxylation is 3. The second-order valence-corrected chi connectivity index (χ2v) is 22.6. The highest BCUT2D eigenvalue weighted by molar-refractivity contribution is 7.00. The molecule has 0 fully saturated rings. The van der Waals surface area contributed by atoms with E-state index in [1.165, 1.54) is 109 Å². The Bertz CT molecular complexity index is 2750. The maximum absolute atomic E-state index is 7.28. The average molecular weight is 779 g/mol. The van der Waals surface area contributed by atoms with Crippen molar-refractivity contribution in [2.45, 2.75) is 150 Å². The summed E-state index contributed by atoms with van der Waals surface area (Å²) in [5, 5.41) is 1.17. The van der Waals surface area contributed by atoms with Gasteiger partial charge in [0.25, 0.3) is 6.71 Å². The molecule has 2 aliphatic carbocycles. The molecule has 1 aromatic heterocycles. The molecule has 4 aliphatic rings. The van der Waals surface area contributed by atoms with E-state index in [9.17, 15) is 0 Å². The van der Waals surface area contributed by atoms with Gasteiger partial charge in [0, 0.05) is 33.8 Å². The van der Waals surface area contributed by atoms with Crippen molar-refractivity contribution in [3.63, 3.8) is 0 Å². The normalized spacial score (nSPS) is 19.2. The fourth-order valence-electron chi connectivity index (χ4n) is 11.5. The van der Waals surface area contributed by atoms with Crippen molar-refractivity contribution in [3.05, 3.63) is 123 Å². The third-order valence-electron chi connectivity index (χ3n) is 15.3. The number of nitrogens with zero attached hydrogens (tertiary/aromatic N) is 2. The van der Waals surface area contributed by atoms with Crippen molar-refractivity contribution in [1.82, 2.24) is 0 Å². The maximum atomic E-state index is 7.28. The summed E-state index contributed by atoms with van der Waals surface area (Å²) in [7, 11) is 0. The predicted octanol–water partition coefficient (Wildman–Crippen LogP) is 13.4. The maximum Gasteiger partial charge on any atom is 0.297 e. The molecule has 0 saturated carbocycles. The third-order valence-corrected chi connectivity index (χ3v) is 15.3. The Kier molecular flexibility index (Phi) is 7.97. The molecule has 0 bridgehead atoms. The molecular weight excluding hydrogens is 715 g/mol. The first-order chi connectivity index (χ1) is 27.6. The zero-order valence-corrected chi connectivity index (χ0v) is 38.2. The quantitative estimate of drug-likeness (QED) is 0.163. The van der Waals surface area contributed by atoms with Crippen LogP contribution in [0.2, 0.25) is 0 Å². The average Bonchev–Trinajstić information content (AvgIpc) is 3.53. The van der Waals surface area contributed by atoms with Crippen LogP contribution in [0.4, 0.5) is 34.1 Å². The molecule has 0 unspecified atom stereocenters. The first-order valence-corrected chi connectivity index (χ1v) is 22.3. The molecule has 10 rings (SSSR count). The van der Waals surface area contributed by atoms with E-state index in [2.05, 4.69) is 186 Å². The molecule has 302 valence electrons. The van der Waals surface area contributed by atoms with Gasteiger partial charge in [-0.15, -0.1) is 0 Å². The highest BCUT2D eigenvalue weighted by atomic mass is 16.3. The topological polar surface area (TPSA) is 19.6 Å². The molecule has 0 radical (unpaired) electrons. The van der Waals surface area contributed by atoms with Crippen LogP contribution in [0.1, 0.15) is 146 Å². The number of hydrogen-bond acceptors (Lipinski definition) is 3. The largest absolute Gasteiger partial charge is 0.468 e. The number of rotatable bonds is 2. The lowest BCUT2D eigenvalue weighted by Gasteiger charge is -2.49. The van der Waals surface area contributed by atoms with E-state index >= 15 is 0 Å². The highest BCUT2D eigenvalue weighted by Crippen LogP contribution is 2.56. The van der Waals surface area contributed by atoms with E-state index in [0.29, 0.717) is 0 Å². The Morgan fingerprint density at radius 2 is 1.15 bits per heavy atom. The second kappa shape index (κ2) is 12.2. The van der Waals surface area contributed by atoms with Crippen LogP contribution in [0.15, 0.2) is 83.3 Å². The Balaban J connectivity index is 1.35. The number of anilines is 6. The number of furan rings is 1. The monoisotopic (exact) mass is 779 g/mol. The van der Waals surface area contributed by atoms with E-state index in [4.69, 9.17) is 4.42 Å². The minimum absolute atomic E-state index is 0.0225. The highest BCUT2D eigenvalue weighted by Gasteiger charge is 2.51. The van der Waals surface area contributed by atoms with Gasteiger partial charge < -0.3 is 14.2 Å². The number of fused-ring (bicyclic) bond motifs is 9. The first-order valence-electron chi connectivity index (χ1n) is 22.3. The molecule has 3 heterocycles. The SMILES string of the molecule is Cc1cc2c3c(c1)N(c1ccc(C(C)(C)C)cc1)c1c(oc4ccc(C)cc14)B3c1ccc3c(c1N2c1cc2c(cc1C)C(C)(C)CCC2(C)C)C(C)(C)CCC3(C)C. The summed E-state index contributed by atoms with van der Waals surface area (Å²) in [6.45, 7) is 33.5. The smallest absolute Gasteiger partial charge is 0.297 e. The van der Waals surface area contributed by atoms with Crippen molar-refractivity contribution in [2.75, 3.05) is 9.80 Å². The summed E-state index contributed by atoms with van der Waals surface area (Å²) in [6.07, 6.45) is 4.70. The summed E-state index contributed by atoms with van der Waals surface area (Å²) >= 11 is 0. The fraction of sp³-hybridized carbons (Fsp3) is 0.418. The molecule has 2 aliphatic heterocycles. The second-order valence-electron chi connectivity index (χ2n) is 22.6. The van der Waals surface area contributed by atoms with Gasteiger partial charge in [0.2, 0.25) is 0 Å². The van der Waals surface area contributed by atoms with E-state index in [1.54, 1.807) is 0 Å². The molecule has 3 nitrogen and oxygen atoms in total. The van der Waals surface area contributed by atoms with Crippen molar-refractivity contribution < 1.29 is 4.42 Å². The molecule has 0 amide bonds. The van der Waals surface area contributed by atoms with Crippen LogP contribution in [0.3, 0.4) is 0 Å². The Hall–Kier alpha value is -4.70. The van der Waals surface area contributed by atoms with Crippen LogP contribution >= 0.6 is 0 Å². The Morgan fingerprint density at radius 1 is 0.559 bits per heavy atom. The Morgan fingerprint density at radius 3 is 1.80 bits per heavy atom. The molecule has 59 heavy (non-hydrogen) atoms.